The van der Waals surface area contributed by atoms with E-state index in [0.717, 1.165) is 50.6 Å². The van der Waals surface area contributed by atoms with Crippen LogP contribution in [0, 0.1) is 0 Å². The minimum Gasteiger partial charge on any atom is -0.315 e. The lowest BCUT2D eigenvalue weighted by molar-refractivity contribution is -0.119. The summed E-state index contributed by atoms with van der Waals surface area (Å²) in [5, 5.41) is 3.38. The molecule has 4 nitrogen and oxygen atoms in total. The smallest absolute Gasteiger partial charge is 0.241 e. The molecule has 5 heteroatoms. The largest absolute Gasteiger partial charge is 0.315 e. The van der Waals surface area contributed by atoms with Crippen LogP contribution >= 0.6 is 11.8 Å². The van der Waals surface area contributed by atoms with E-state index in [-0.39, 0.29) is 5.91 Å². The molecule has 1 aromatic carbocycles. The van der Waals surface area contributed by atoms with E-state index in [1.165, 1.54) is 4.90 Å². The van der Waals surface area contributed by atoms with Crippen LogP contribution in [0.4, 0.5) is 5.69 Å². The summed E-state index contributed by atoms with van der Waals surface area (Å²) >= 11 is 1.84. The maximum Gasteiger partial charge on any atom is 0.241 e. The number of hydrogen-bond donors (Lipinski definition) is 1. The Morgan fingerprint density at radius 1 is 1.20 bits per heavy atom. The van der Waals surface area contributed by atoms with Crippen LogP contribution in [0.1, 0.15) is 6.42 Å². The zero-order valence-electron chi connectivity index (χ0n) is 11.7. The van der Waals surface area contributed by atoms with Crippen LogP contribution in [0.3, 0.4) is 0 Å². The molecule has 0 spiro atoms. The standard InChI is InChI=1S/C15H21N3OS/c19-15(12-17-8-3-6-16-7-9-17)18-10-11-20-14-5-2-1-4-13(14)18/h1-2,4-5,16H,3,6-12H2. The van der Waals surface area contributed by atoms with Gasteiger partial charge in [-0.2, -0.15) is 0 Å². The van der Waals surface area contributed by atoms with Gasteiger partial charge in [-0.25, -0.2) is 0 Å². The zero-order valence-corrected chi connectivity index (χ0v) is 12.5. The van der Waals surface area contributed by atoms with Gasteiger partial charge in [0.05, 0.1) is 12.2 Å². The number of anilines is 1. The number of hydrogen-bond acceptors (Lipinski definition) is 4. The van der Waals surface area contributed by atoms with Crippen LogP contribution in [0.2, 0.25) is 0 Å². The van der Waals surface area contributed by atoms with E-state index in [9.17, 15) is 4.79 Å². The normalized spacial score (nSPS) is 20.3. The van der Waals surface area contributed by atoms with E-state index in [2.05, 4.69) is 22.3 Å². The predicted octanol–water partition coefficient (Wildman–Crippen LogP) is 1.42. The third-order valence-corrected chi connectivity index (χ3v) is 4.86. The number of nitrogens with one attached hydrogen (secondary N) is 1. The van der Waals surface area contributed by atoms with E-state index in [4.69, 9.17) is 0 Å². The molecule has 2 aliphatic rings. The highest BCUT2D eigenvalue weighted by Gasteiger charge is 2.24. The van der Waals surface area contributed by atoms with Crippen molar-refractivity contribution in [3.05, 3.63) is 24.3 Å². The van der Waals surface area contributed by atoms with Crippen LogP contribution in [-0.4, -0.2) is 55.8 Å². The maximum absolute atomic E-state index is 12.6. The van der Waals surface area contributed by atoms with Crippen LogP contribution in [0.15, 0.2) is 29.2 Å². The number of para-hydroxylation sites is 1. The molecule has 0 aliphatic carbocycles. The summed E-state index contributed by atoms with van der Waals surface area (Å²) in [6.45, 7) is 5.40. The second-order valence-electron chi connectivity index (χ2n) is 5.24. The van der Waals surface area contributed by atoms with Crippen molar-refractivity contribution >= 4 is 23.4 Å². The molecule has 0 radical (unpaired) electrons. The summed E-state index contributed by atoms with van der Waals surface area (Å²) in [4.78, 5) is 18.1. The highest BCUT2D eigenvalue weighted by Crippen LogP contribution is 2.34. The van der Waals surface area contributed by atoms with Gasteiger partial charge in [0.1, 0.15) is 0 Å². The SMILES string of the molecule is O=C(CN1CCCNCC1)N1CCSc2ccccc21. The monoisotopic (exact) mass is 291 g/mol. The van der Waals surface area contributed by atoms with Gasteiger partial charge in [-0.3, -0.25) is 9.69 Å². The second-order valence-corrected chi connectivity index (χ2v) is 6.38. The fourth-order valence-corrected chi connectivity index (χ4v) is 3.76. The Balaban J connectivity index is 1.68. The second kappa shape index (κ2) is 6.61. The summed E-state index contributed by atoms with van der Waals surface area (Å²) in [6.07, 6.45) is 1.12. The fraction of sp³-hybridized carbons (Fsp3) is 0.533. The molecule has 1 fully saturated rings. The maximum atomic E-state index is 12.6. The highest BCUT2D eigenvalue weighted by molar-refractivity contribution is 7.99. The molecular weight excluding hydrogens is 270 g/mol. The average molecular weight is 291 g/mol. The molecule has 1 saturated heterocycles. The molecule has 1 amide bonds. The van der Waals surface area contributed by atoms with Crippen molar-refractivity contribution in [3.63, 3.8) is 0 Å². The van der Waals surface area contributed by atoms with Gasteiger partial charge in [0, 0.05) is 30.3 Å². The summed E-state index contributed by atoms with van der Waals surface area (Å²) in [5.74, 6) is 1.23. The average Bonchev–Trinajstić information content (AvgIpc) is 2.75. The third-order valence-electron chi connectivity index (χ3n) is 3.82. The predicted molar refractivity (Wildman–Crippen MR) is 83.4 cm³/mol. The fourth-order valence-electron chi connectivity index (χ4n) is 2.76. The number of carbonyl (C=O) groups excluding carboxylic acids is 1. The van der Waals surface area contributed by atoms with E-state index < -0.39 is 0 Å². The molecule has 0 aromatic heterocycles. The van der Waals surface area contributed by atoms with Crippen LogP contribution < -0.4 is 10.2 Å². The Hall–Kier alpha value is -1.04. The van der Waals surface area contributed by atoms with E-state index >= 15 is 0 Å². The van der Waals surface area contributed by atoms with Crippen molar-refractivity contribution in [2.45, 2.75) is 11.3 Å². The van der Waals surface area contributed by atoms with Crippen molar-refractivity contribution in [1.82, 2.24) is 10.2 Å². The van der Waals surface area contributed by atoms with E-state index in [1.54, 1.807) is 0 Å². The Kier molecular flexibility index (Phi) is 4.60. The van der Waals surface area contributed by atoms with Gasteiger partial charge in [0.25, 0.3) is 0 Å². The van der Waals surface area contributed by atoms with Gasteiger partial charge in [0.15, 0.2) is 0 Å². The minimum absolute atomic E-state index is 0.236. The minimum atomic E-state index is 0.236. The molecule has 1 N–H and O–H groups in total. The van der Waals surface area contributed by atoms with Gasteiger partial charge in [0.2, 0.25) is 5.91 Å². The number of amides is 1. The topological polar surface area (TPSA) is 35.6 Å². The number of nitrogens with zero attached hydrogens (tertiary/aromatic N) is 2. The summed E-state index contributed by atoms with van der Waals surface area (Å²) in [7, 11) is 0. The summed E-state index contributed by atoms with van der Waals surface area (Å²) in [5.41, 5.74) is 1.08. The first-order chi connectivity index (χ1) is 9.84. The molecule has 0 atom stereocenters. The molecule has 0 saturated carbocycles. The molecule has 0 unspecified atom stereocenters. The van der Waals surface area contributed by atoms with Gasteiger partial charge >= 0.3 is 0 Å². The molecule has 0 bridgehead atoms. The first-order valence-electron chi connectivity index (χ1n) is 7.30. The number of benzene rings is 1. The van der Waals surface area contributed by atoms with E-state index in [0.29, 0.717) is 6.54 Å². The lowest BCUT2D eigenvalue weighted by Gasteiger charge is -2.31. The Bertz CT molecular complexity index is 472. The Morgan fingerprint density at radius 2 is 2.10 bits per heavy atom. The molecular formula is C15H21N3OS. The number of thioether (sulfide) groups is 1. The molecule has 2 heterocycles. The van der Waals surface area contributed by atoms with Crippen LogP contribution in [0.5, 0.6) is 0 Å². The van der Waals surface area contributed by atoms with Crippen LogP contribution in [-0.2, 0) is 4.79 Å². The van der Waals surface area contributed by atoms with Crippen molar-refractivity contribution < 1.29 is 4.79 Å². The number of carbonyl (C=O) groups is 1. The molecule has 1 aromatic rings. The lowest BCUT2D eigenvalue weighted by atomic mass is 10.2. The zero-order chi connectivity index (χ0) is 13.8. The van der Waals surface area contributed by atoms with Gasteiger partial charge in [-0.1, -0.05) is 12.1 Å². The number of rotatable bonds is 2. The quantitative estimate of drug-likeness (QED) is 0.894. The summed E-state index contributed by atoms with van der Waals surface area (Å²) in [6, 6.07) is 8.22. The highest BCUT2D eigenvalue weighted by atomic mass is 32.2. The molecule has 3 rings (SSSR count). The van der Waals surface area contributed by atoms with E-state index in [1.807, 2.05) is 28.8 Å². The molecule has 2 aliphatic heterocycles. The van der Waals surface area contributed by atoms with Crippen molar-refractivity contribution in [2.75, 3.05) is 49.9 Å². The molecule has 108 valence electrons. The van der Waals surface area contributed by atoms with Crippen molar-refractivity contribution in [1.29, 1.82) is 0 Å². The number of fused-ring (bicyclic) bond motifs is 1. The molecule has 20 heavy (non-hydrogen) atoms. The first-order valence-corrected chi connectivity index (χ1v) is 8.28. The summed E-state index contributed by atoms with van der Waals surface area (Å²) < 4.78 is 0. The Morgan fingerprint density at radius 3 is 3.05 bits per heavy atom. The van der Waals surface area contributed by atoms with Gasteiger partial charge in [-0.05, 0) is 31.6 Å². The van der Waals surface area contributed by atoms with Gasteiger partial charge in [-0.15, -0.1) is 11.8 Å². The Labute approximate surface area is 124 Å². The van der Waals surface area contributed by atoms with Gasteiger partial charge < -0.3 is 10.2 Å². The van der Waals surface area contributed by atoms with Crippen LogP contribution in [0.25, 0.3) is 0 Å². The first kappa shape index (κ1) is 13.9. The van der Waals surface area contributed by atoms with Crippen molar-refractivity contribution in [3.8, 4) is 0 Å². The third kappa shape index (κ3) is 3.16. The van der Waals surface area contributed by atoms with Crippen molar-refractivity contribution in [2.24, 2.45) is 0 Å². The lowest BCUT2D eigenvalue weighted by Crippen LogP contribution is -2.43.